The van der Waals surface area contributed by atoms with Crippen molar-refractivity contribution >= 4 is 21.1 Å². The maximum atomic E-state index is 12.9. The molecule has 0 radical (unpaired) electrons. The van der Waals surface area contributed by atoms with Crippen LogP contribution in [0.25, 0.3) is 22.4 Å². The van der Waals surface area contributed by atoms with Gasteiger partial charge in [0, 0.05) is 5.56 Å². The highest BCUT2D eigenvalue weighted by Gasteiger charge is 2.31. The third kappa shape index (κ3) is 3.30. The molecule has 1 aromatic heterocycles. The van der Waals surface area contributed by atoms with Crippen LogP contribution in [0.2, 0.25) is 0 Å². The Kier molecular flexibility index (Phi) is 3.96. The van der Waals surface area contributed by atoms with Gasteiger partial charge in [-0.05, 0) is 43.4 Å². The summed E-state index contributed by atoms with van der Waals surface area (Å²) in [5, 5.41) is 9.55. The summed E-state index contributed by atoms with van der Waals surface area (Å²) >= 11 is 0. The standard InChI is InChI=1S/C15H12F3N3O3S/c1-19-25(23,24)11-2-3-12-13(7-11)21-14(20-12)8-4-9(15(16,17)18)6-10(22)5-8/h2-7,19,22H,1H3,(H,20,21). The summed E-state index contributed by atoms with van der Waals surface area (Å²) in [5.41, 5.74) is -0.270. The third-order valence-electron chi connectivity index (χ3n) is 3.55. The fourth-order valence-corrected chi connectivity index (χ4v) is 3.08. The molecule has 0 aliphatic rings. The van der Waals surface area contributed by atoms with E-state index in [0.29, 0.717) is 17.1 Å². The Morgan fingerprint density at radius 2 is 1.88 bits per heavy atom. The summed E-state index contributed by atoms with van der Waals surface area (Å²) < 4.78 is 64.4. The number of sulfonamides is 1. The van der Waals surface area contributed by atoms with Gasteiger partial charge in [0.2, 0.25) is 10.0 Å². The Morgan fingerprint density at radius 3 is 2.52 bits per heavy atom. The molecule has 6 nitrogen and oxygen atoms in total. The molecular formula is C15H12F3N3O3S. The molecule has 0 spiro atoms. The topological polar surface area (TPSA) is 95.1 Å². The Balaban J connectivity index is 2.13. The first-order chi connectivity index (χ1) is 11.6. The number of rotatable bonds is 3. The Morgan fingerprint density at radius 1 is 1.16 bits per heavy atom. The van der Waals surface area contributed by atoms with Gasteiger partial charge in [0.25, 0.3) is 0 Å². The molecule has 0 unspecified atom stereocenters. The van der Waals surface area contributed by atoms with Gasteiger partial charge in [-0.15, -0.1) is 0 Å². The molecule has 0 aliphatic heterocycles. The normalized spacial score (nSPS) is 12.6. The molecule has 0 fully saturated rings. The number of H-pyrrole nitrogens is 1. The molecule has 0 amide bonds. The average molecular weight is 371 g/mol. The lowest BCUT2D eigenvalue weighted by atomic mass is 10.1. The minimum Gasteiger partial charge on any atom is -0.508 e. The first-order valence-corrected chi connectivity index (χ1v) is 8.43. The van der Waals surface area contributed by atoms with Crippen molar-refractivity contribution in [2.45, 2.75) is 11.1 Å². The van der Waals surface area contributed by atoms with E-state index in [2.05, 4.69) is 14.7 Å². The van der Waals surface area contributed by atoms with Crippen LogP contribution >= 0.6 is 0 Å². The fourth-order valence-electron chi connectivity index (χ4n) is 2.32. The summed E-state index contributed by atoms with van der Waals surface area (Å²) in [4.78, 5) is 6.91. The van der Waals surface area contributed by atoms with Crippen LogP contribution in [0.4, 0.5) is 13.2 Å². The maximum Gasteiger partial charge on any atom is 0.416 e. The van der Waals surface area contributed by atoms with E-state index in [9.17, 15) is 26.7 Å². The van der Waals surface area contributed by atoms with Gasteiger partial charge in [-0.25, -0.2) is 18.1 Å². The van der Waals surface area contributed by atoms with Crippen molar-refractivity contribution < 1.29 is 26.7 Å². The highest BCUT2D eigenvalue weighted by molar-refractivity contribution is 7.89. The van der Waals surface area contributed by atoms with Crippen molar-refractivity contribution in [2.75, 3.05) is 7.05 Å². The van der Waals surface area contributed by atoms with Crippen LogP contribution in [-0.4, -0.2) is 30.5 Å². The lowest BCUT2D eigenvalue weighted by Gasteiger charge is -2.08. The Labute approximate surface area is 140 Å². The number of hydrogen-bond donors (Lipinski definition) is 3. The second kappa shape index (κ2) is 5.74. The quantitative estimate of drug-likeness (QED) is 0.660. The molecule has 25 heavy (non-hydrogen) atoms. The van der Waals surface area contributed by atoms with E-state index in [1.807, 2.05) is 0 Å². The first-order valence-electron chi connectivity index (χ1n) is 6.95. The summed E-state index contributed by atoms with van der Waals surface area (Å²) in [7, 11) is -2.40. The van der Waals surface area contributed by atoms with Gasteiger partial charge in [0.15, 0.2) is 0 Å². The lowest BCUT2D eigenvalue weighted by Crippen LogP contribution is -2.18. The number of nitrogens with zero attached hydrogens (tertiary/aromatic N) is 1. The van der Waals surface area contributed by atoms with E-state index in [-0.39, 0.29) is 16.3 Å². The summed E-state index contributed by atoms with van der Waals surface area (Å²) in [6.45, 7) is 0. The Hall–Kier alpha value is -2.59. The van der Waals surface area contributed by atoms with Gasteiger partial charge in [-0.3, -0.25) is 0 Å². The fraction of sp³-hybridized carbons (Fsp3) is 0.133. The van der Waals surface area contributed by atoms with E-state index in [4.69, 9.17) is 0 Å². The number of alkyl halides is 3. The van der Waals surface area contributed by atoms with Crippen molar-refractivity contribution in [1.82, 2.24) is 14.7 Å². The predicted octanol–water partition coefficient (Wildman–Crippen LogP) is 2.86. The van der Waals surface area contributed by atoms with Crippen LogP contribution in [0.15, 0.2) is 41.3 Å². The zero-order valence-electron chi connectivity index (χ0n) is 12.7. The average Bonchev–Trinajstić information content (AvgIpc) is 2.96. The smallest absolute Gasteiger partial charge is 0.416 e. The monoisotopic (exact) mass is 371 g/mol. The minimum atomic E-state index is -4.62. The first kappa shape index (κ1) is 17.2. The maximum absolute atomic E-state index is 12.9. The van der Waals surface area contributed by atoms with Crippen molar-refractivity contribution in [3.63, 3.8) is 0 Å². The summed E-state index contributed by atoms with van der Waals surface area (Å²) in [6, 6.07) is 6.70. The number of halogens is 3. The number of aromatic hydroxyl groups is 1. The molecule has 10 heteroatoms. The molecule has 0 saturated carbocycles. The van der Waals surface area contributed by atoms with E-state index in [1.54, 1.807) is 0 Å². The van der Waals surface area contributed by atoms with Crippen LogP contribution in [0.1, 0.15) is 5.56 Å². The second-order valence-corrected chi connectivity index (χ2v) is 7.12. The van der Waals surface area contributed by atoms with Crippen molar-refractivity contribution in [3.8, 4) is 17.1 Å². The highest BCUT2D eigenvalue weighted by atomic mass is 32.2. The zero-order valence-corrected chi connectivity index (χ0v) is 13.5. The number of hydrogen-bond acceptors (Lipinski definition) is 4. The molecule has 0 aliphatic carbocycles. The van der Waals surface area contributed by atoms with Gasteiger partial charge in [0.1, 0.15) is 11.6 Å². The van der Waals surface area contributed by atoms with Gasteiger partial charge in [0.05, 0.1) is 21.5 Å². The number of aromatic nitrogens is 2. The predicted molar refractivity (Wildman–Crippen MR) is 84.4 cm³/mol. The number of phenolic OH excluding ortho intramolecular Hbond substituents is 1. The number of fused-ring (bicyclic) bond motifs is 1. The van der Waals surface area contributed by atoms with E-state index < -0.39 is 27.5 Å². The molecule has 132 valence electrons. The largest absolute Gasteiger partial charge is 0.508 e. The van der Waals surface area contributed by atoms with Crippen molar-refractivity contribution in [1.29, 1.82) is 0 Å². The SMILES string of the molecule is CNS(=O)(=O)c1ccc2nc(-c3cc(O)cc(C(F)(F)F)c3)[nH]c2c1. The van der Waals surface area contributed by atoms with E-state index in [0.717, 1.165) is 12.1 Å². The Bertz CT molecular complexity index is 1060. The molecule has 2 aromatic carbocycles. The van der Waals surface area contributed by atoms with Crippen molar-refractivity contribution in [3.05, 3.63) is 42.0 Å². The molecule has 0 atom stereocenters. The van der Waals surface area contributed by atoms with Gasteiger partial charge >= 0.3 is 6.18 Å². The van der Waals surface area contributed by atoms with Crippen LogP contribution < -0.4 is 4.72 Å². The molecule has 1 heterocycles. The number of aromatic amines is 1. The summed E-state index contributed by atoms with van der Waals surface area (Å²) in [5.74, 6) is -0.473. The highest BCUT2D eigenvalue weighted by Crippen LogP contribution is 2.35. The number of benzene rings is 2. The molecule has 3 aromatic rings. The van der Waals surface area contributed by atoms with E-state index >= 15 is 0 Å². The molecule has 3 N–H and O–H groups in total. The number of phenols is 1. The van der Waals surface area contributed by atoms with Gasteiger partial charge in [-0.1, -0.05) is 0 Å². The molecule has 0 bridgehead atoms. The molecular weight excluding hydrogens is 359 g/mol. The van der Waals surface area contributed by atoms with Crippen LogP contribution in [-0.2, 0) is 16.2 Å². The number of nitrogens with one attached hydrogen (secondary N) is 2. The zero-order chi connectivity index (χ0) is 18.4. The lowest BCUT2D eigenvalue weighted by molar-refractivity contribution is -0.137. The van der Waals surface area contributed by atoms with E-state index in [1.165, 1.54) is 25.2 Å². The van der Waals surface area contributed by atoms with Crippen LogP contribution in [0.5, 0.6) is 5.75 Å². The second-order valence-electron chi connectivity index (χ2n) is 5.24. The van der Waals surface area contributed by atoms with Gasteiger partial charge < -0.3 is 10.1 Å². The van der Waals surface area contributed by atoms with Crippen molar-refractivity contribution in [2.24, 2.45) is 0 Å². The minimum absolute atomic E-state index is 0.00964. The van der Waals surface area contributed by atoms with Crippen LogP contribution in [0.3, 0.4) is 0 Å². The molecule has 3 rings (SSSR count). The summed E-state index contributed by atoms with van der Waals surface area (Å²) in [6.07, 6.45) is -4.62. The molecule has 0 saturated heterocycles. The van der Waals surface area contributed by atoms with Gasteiger partial charge in [-0.2, -0.15) is 13.2 Å². The van der Waals surface area contributed by atoms with Crippen LogP contribution in [0, 0.1) is 0 Å². The third-order valence-corrected chi connectivity index (χ3v) is 4.96. The number of imidazole rings is 1.